The summed E-state index contributed by atoms with van der Waals surface area (Å²) in [5.74, 6) is 1.39. The number of anilines is 1. The topological polar surface area (TPSA) is 50.6 Å². The van der Waals surface area contributed by atoms with Gasteiger partial charge in [-0.15, -0.1) is 0 Å². The summed E-state index contributed by atoms with van der Waals surface area (Å²) >= 11 is 3.56. The number of halogens is 1. The summed E-state index contributed by atoms with van der Waals surface area (Å²) in [6.07, 6.45) is 0.728. The summed E-state index contributed by atoms with van der Waals surface area (Å²) in [4.78, 5) is 10.1. The van der Waals surface area contributed by atoms with E-state index in [1.165, 1.54) is 0 Å². The Balaban J connectivity index is 1.52. The Kier molecular flexibility index (Phi) is 5.95. The van der Waals surface area contributed by atoms with Crippen molar-refractivity contribution in [1.29, 1.82) is 0 Å². The first kappa shape index (κ1) is 22.4. The van der Waals surface area contributed by atoms with Gasteiger partial charge in [-0.05, 0) is 35.9 Å². The predicted octanol–water partition coefficient (Wildman–Crippen LogP) is 7.42. The van der Waals surface area contributed by atoms with Crippen LogP contribution in [0.5, 0.6) is 5.75 Å². The molecule has 2 heterocycles. The van der Waals surface area contributed by atoms with E-state index in [2.05, 4.69) is 64.5 Å². The number of hydrogen-bond acceptors (Lipinski definition) is 5. The predicted molar refractivity (Wildman–Crippen MR) is 148 cm³/mol. The fourth-order valence-electron chi connectivity index (χ4n) is 4.60. The summed E-state index contributed by atoms with van der Waals surface area (Å²) in [6.45, 7) is 0. The third-order valence-corrected chi connectivity index (χ3v) is 6.94. The third-order valence-electron chi connectivity index (χ3n) is 6.41. The lowest BCUT2D eigenvalue weighted by Gasteiger charge is -2.23. The maximum atomic E-state index is 5.46. The molecule has 176 valence electrons. The van der Waals surface area contributed by atoms with Crippen molar-refractivity contribution in [1.82, 2.24) is 9.97 Å². The number of para-hydroxylation sites is 1. The number of hydrogen-bond donors (Lipinski definition) is 0. The van der Waals surface area contributed by atoms with Crippen molar-refractivity contribution in [3.63, 3.8) is 0 Å². The van der Waals surface area contributed by atoms with E-state index < -0.39 is 0 Å². The molecule has 1 aliphatic rings. The summed E-state index contributed by atoms with van der Waals surface area (Å²) in [6, 6.07) is 34.8. The SMILES string of the molecule is COc1cccc(C2=NN(c3nc(-c4ccccc4)c4ccccc4n3)C(c3ccc(Br)cc3)C2)c1. The van der Waals surface area contributed by atoms with Crippen LogP contribution in [0.4, 0.5) is 5.95 Å². The Bertz CT molecular complexity index is 1570. The van der Waals surface area contributed by atoms with Gasteiger partial charge < -0.3 is 4.74 Å². The van der Waals surface area contributed by atoms with Crippen LogP contribution in [0, 0.1) is 0 Å². The molecule has 4 aromatic carbocycles. The van der Waals surface area contributed by atoms with Gasteiger partial charge in [0.15, 0.2) is 0 Å². The highest BCUT2D eigenvalue weighted by Gasteiger charge is 2.32. The molecule has 0 saturated carbocycles. The third kappa shape index (κ3) is 4.25. The lowest BCUT2D eigenvalue weighted by atomic mass is 9.98. The van der Waals surface area contributed by atoms with E-state index in [9.17, 15) is 0 Å². The Morgan fingerprint density at radius 3 is 2.36 bits per heavy atom. The van der Waals surface area contributed by atoms with Gasteiger partial charge in [0, 0.05) is 27.4 Å². The van der Waals surface area contributed by atoms with Gasteiger partial charge in [0.1, 0.15) is 5.75 Å². The average Bonchev–Trinajstić information content (AvgIpc) is 3.39. The van der Waals surface area contributed by atoms with E-state index in [-0.39, 0.29) is 6.04 Å². The van der Waals surface area contributed by atoms with Crippen LogP contribution < -0.4 is 9.75 Å². The number of benzene rings is 4. The molecular weight excluding hydrogens is 512 g/mol. The number of nitrogens with zero attached hydrogens (tertiary/aromatic N) is 4. The maximum absolute atomic E-state index is 5.46. The van der Waals surface area contributed by atoms with Crippen LogP contribution in [-0.2, 0) is 0 Å². The fraction of sp³-hybridized carbons (Fsp3) is 0.100. The number of hydrazone groups is 1. The van der Waals surface area contributed by atoms with Crippen molar-refractivity contribution in [2.75, 3.05) is 12.1 Å². The highest BCUT2D eigenvalue weighted by atomic mass is 79.9. The molecule has 0 N–H and O–H groups in total. The molecule has 6 rings (SSSR count). The first-order chi connectivity index (χ1) is 17.7. The van der Waals surface area contributed by atoms with Crippen LogP contribution in [-0.4, -0.2) is 22.8 Å². The lowest BCUT2D eigenvalue weighted by Crippen LogP contribution is -2.21. The molecule has 1 aliphatic heterocycles. The number of methoxy groups -OCH3 is 1. The van der Waals surface area contributed by atoms with Crippen molar-refractivity contribution in [3.05, 3.63) is 119 Å². The van der Waals surface area contributed by atoms with Crippen molar-refractivity contribution < 1.29 is 4.74 Å². The van der Waals surface area contributed by atoms with Gasteiger partial charge in [-0.25, -0.2) is 15.0 Å². The fourth-order valence-corrected chi connectivity index (χ4v) is 4.86. The quantitative estimate of drug-likeness (QED) is 0.235. The second kappa shape index (κ2) is 9.55. The van der Waals surface area contributed by atoms with Crippen LogP contribution in [0.1, 0.15) is 23.6 Å². The molecule has 1 atom stereocenters. The van der Waals surface area contributed by atoms with E-state index in [0.29, 0.717) is 5.95 Å². The monoisotopic (exact) mass is 534 g/mol. The first-order valence-corrected chi connectivity index (χ1v) is 12.6. The van der Waals surface area contributed by atoms with Crippen LogP contribution in [0.2, 0.25) is 0 Å². The normalized spacial score (nSPS) is 15.2. The minimum Gasteiger partial charge on any atom is -0.497 e. The zero-order valence-corrected chi connectivity index (χ0v) is 21.3. The molecule has 0 bridgehead atoms. The minimum atomic E-state index is -0.0379. The highest BCUT2D eigenvalue weighted by Crippen LogP contribution is 2.38. The standard InChI is InChI=1S/C30H23BrN4O/c1-36-24-11-7-10-22(18-24)27-19-28(20-14-16-23(31)17-15-20)35(34-27)30-32-26-13-6-5-12-25(26)29(33-30)21-8-3-2-4-9-21/h2-18,28H,19H2,1H3. The number of ether oxygens (including phenoxy) is 1. The molecule has 0 fully saturated rings. The van der Waals surface area contributed by atoms with Crippen molar-refractivity contribution in [2.45, 2.75) is 12.5 Å². The Hall–Kier alpha value is -4.03. The number of rotatable bonds is 5. The molecule has 6 heteroatoms. The van der Waals surface area contributed by atoms with E-state index in [0.717, 1.165) is 55.6 Å². The van der Waals surface area contributed by atoms with Gasteiger partial charge in [0.25, 0.3) is 0 Å². The molecule has 36 heavy (non-hydrogen) atoms. The first-order valence-electron chi connectivity index (χ1n) is 11.8. The van der Waals surface area contributed by atoms with E-state index >= 15 is 0 Å². The Morgan fingerprint density at radius 1 is 0.806 bits per heavy atom. The average molecular weight is 535 g/mol. The zero-order chi connectivity index (χ0) is 24.5. The molecule has 0 spiro atoms. The van der Waals surface area contributed by atoms with Gasteiger partial charge in [-0.3, -0.25) is 0 Å². The van der Waals surface area contributed by atoms with Gasteiger partial charge in [-0.1, -0.05) is 88.7 Å². The van der Waals surface area contributed by atoms with Gasteiger partial charge in [0.2, 0.25) is 5.95 Å². The summed E-state index contributed by atoms with van der Waals surface area (Å²) in [5.41, 5.74) is 5.99. The van der Waals surface area contributed by atoms with Gasteiger partial charge in [-0.2, -0.15) is 5.10 Å². The molecule has 5 aromatic rings. The molecule has 0 amide bonds. The largest absolute Gasteiger partial charge is 0.497 e. The molecule has 0 aliphatic carbocycles. The van der Waals surface area contributed by atoms with E-state index in [1.54, 1.807) is 7.11 Å². The molecule has 5 nitrogen and oxygen atoms in total. The number of aromatic nitrogens is 2. The zero-order valence-electron chi connectivity index (χ0n) is 19.7. The Morgan fingerprint density at radius 2 is 1.56 bits per heavy atom. The van der Waals surface area contributed by atoms with Gasteiger partial charge in [0.05, 0.1) is 30.1 Å². The van der Waals surface area contributed by atoms with Crippen molar-refractivity contribution in [2.24, 2.45) is 5.10 Å². The van der Waals surface area contributed by atoms with Crippen LogP contribution in [0.25, 0.3) is 22.2 Å². The maximum Gasteiger partial charge on any atom is 0.247 e. The van der Waals surface area contributed by atoms with E-state index in [4.69, 9.17) is 19.8 Å². The molecule has 1 aromatic heterocycles. The van der Waals surface area contributed by atoms with Crippen LogP contribution in [0.15, 0.2) is 113 Å². The molecular formula is C30H23BrN4O. The molecule has 0 radical (unpaired) electrons. The minimum absolute atomic E-state index is 0.0379. The smallest absolute Gasteiger partial charge is 0.247 e. The highest BCUT2D eigenvalue weighted by molar-refractivity contribution is 9.10. The van der Waals surface area contributed by atoms with Crippen LogP contribution in [0.3, 0.4) is 0 Å². The molecule has 0 saturated heterocycles. The van der Waals surface area contributed by atoms with E-state index in [1.807, 2.05) is 59.6 Å². The van der Waals surface area contributed by atoms with Crippen molar-refractivity contribution in [3.8, 4) is 17.0 Å². The number of fused-ring (bicyclic) bond motifs is 1. The summed E-state index contributed by atoms with van der Waals surface area (Å²) in [7, 11) is 1.68. The second-order valence-electron chi connectivity index (χ2n) is 8.65. The lowest BCUT2D eigenvalue weighted by molar-refractivity contribution is 0.414. The molecule has 1 unspecified atom stereocenters. The van der Waals surface area contributed by atoms with Crippen molar-refractivity contribution >= 4 is 38.5 Å². The van der Waals surface area contributed by atoms with Crippen LogP contribution >= 0.6 is 15.9 Å². The Labute approximate surface area is 218 Å². The summed E-state index contributed by atoms with van der Waals surface area (Å²) < 4.78 is 6.50. The second-order valence-corrected chi connectivity index (χ2v) is 9.57. The summed E-state index contributed by atoms with van der Waals surface area (Å²) in [5, 5.41) is 8.07. The van der Waals surface area contributed by atoms with Gasteiger partial charge >= 0.3 is 0 Å².